The Morgan fingerprint density at radius 1 is 0.623 bits per heavy atom. The molecule has 0 aliphatic heterocycles. The lowest BCUT2D eigenvalue weighted by atomic mass is 10.1. The third-order valence-corrected chi connectivity index (χ3v) is 8.91. The highest BCUT2D eigenvalue weighted by Gasteiger charge is 2.12. The third-order valence-electron chi connectivity index (χ3n) is 8.91. The van der Waals surface area contributed by atoms with Crippen LogP contribution in [0.4, 0.5) is 8.78 Å². The van der Waals surface area contributed by atoms with Crippen LogP contribution in [-0.2, 0) is 13.1 Å². The summed E-state index contributed by atoms with van der Waals surface area (Å²) in [5, 5.41) is 11.1. The number of halogens is 2. The van der Waals surface area contributed by atoms with Crippen molar-refractivity contribution in [1.82, 2.24) is 39.5 Å². The van der Waals surface area contributed by atoms with Gasteiger partial charge in [-0.3, -0.25) is 19.3 Å². The standard InChI is InChI=1S/C23H17FN4O.C18H15FN4O/c1-29-23-8-7-16(9-18(23)24)21-13-25-19-10-17-12-26-28(22(17)11-20(19)27-21)14-15-5-3-2-4-6-15;1-3-23-10-12-7-15-16(8-14(12)22-23)21-17(9-20-15)11-4-5-18(24-2)13(19)6-11/h2-13H,14H2,1H3;4-10H,3H2,1-2H3. The van der Waals surface area contributed by atoms with E-state index in [1.165, 1.54) is 31.9 Å². The van der Waals surface area contributed by atoms with Crippen LogP contribution in [0.2, 0.25) is 0 Å². The Balaban J connectivity index is 0.000000154. The Labute approximate surface area is 302 Å². The van der Waals surface area contributed by atoms with E-state index in [0.29, 0.717) is 29.1 Å². The lowest BCUT2D eigenvalue weighted by Gasteiger charge is -2.07. The average Bonchev–Trinajstić information content (AvgIpc) is 3.78. The van der Waals surface area contributed by atoms with Crippen LogP contribution in [-0.4, -0.2) is 53.7 Å². The molecule has 53 heavy (non-hydrogen) atoms. The van der Waals surface area contributed by atoms with Gasteiger partial charge in [-0.15, -0.1) is 0 Å². The quantitative estimate of drug-likeness (QED) is 0.162. The molecule has 4 heterocycles. The summed E-state index contributed by atoms with van der Waals surface area (Å²) in [6.45, 7) is 3.52. The maximum absolute atomic E-state index is 14.1. The van der Waals surface area contributed by atoms with E-state index >= 15 is 0 Å². The van der Waals surface area contributed by atoms with Crippen LogP contribution in [0.5, 0.6) is 11.5 Å². The Kier molecular flexibility index (Phi) is 8.85. The molecule has 0 saturated carbocycles. The normalized spacial score (nSPS) is 11.3. The zero-order valence-electron chi connectivity index (χ0n) is 29.0. The fourth-order valence-corrected chi connectivity index (χ4v) is 6.14. The molecule has 0 atom stereocenters. The number of hydrogen-bond donors (Lipinski definition) is 0. The minimum atomic E-state index is -0.428. The van der Waals surface area contributed by atoms with Gasteiger partial charge in [0.25, 0.3) is 0 Å². The van der Waals surface area contributed by atoms with Gasteiger partial charge < -0.3 is 9.47 Å². The molecule has 4 aromatic heterocycles. The molecule has 0 spiro atoms. The summed E-state index contributed by atoms with van der Waals surface area (Å²) in [4.78, 5) is 18.3. The first kappa shape index (κ1) is 33.3. The van der Waals surface area contributed by atoms with Gasteiger partial charge in [-0.05, 0) is 73.2 Å². The second-order valence-electron chi connectivity index (χ2n) is 12.3. The van der Waals surface area contributed by atoms with Gasteiger partial charge in [-0.1, -0.05) is 30.3 Å². The number of aromatic nitrogens is 8. The number of fused-ring (bicyclic) bond motifs is 4. The second-order valence-corrected chi connectivity index (χ2v) is 12.3. The molecule has 5 aromatic carbocycles. The lowest BCUT2D eigenvalue weighted by Crippen LogP contribution is -2.01. The van der Waals surface area contributed by atoms with E-state index in [4.69, 9.17) is 14.5 Å². The summed E-state index contributed by atoms with van der Waals surface area (Å²) in [6.07, 6.45) is 7.14. The number of aryl methyl sites for hydroxylation is 1. The molecular formula is C41H32F2N8O2. The number of methoxy groups -OCH3 is 2. The van der Waals surface area contributed by atoms with E-state index in [1.807, 2.05) is 71.1 Å². The maximum Gasteiger partial charge on any atom is 0.165 e. The molecule has 10 nitrogen and oxygen atoms in total. The molecule has 0 amide bonds. The third kappa shape index (κ3) is 6.69. The molecule has 0 N–H and O–H groups in total. The molecule has 0 fully saturated rings. The van der Waals surface area contributed by atoms with E-state index in [-0.39, 0.29) is 11.5 Å². The van der Waals surface area contributed by atoms with Gasteiger partial charge >= 0.3 is 0 Å². The average molecular weight is 707 g/mol. The minimum absolute atomic E-state index is 0.203. The molecule has 12 heteroatoms. The summed E-state index contributed by atoms with van der Waals surface area (Å²) in [6, 6.07) is 27.5. The highest BCUT2D eigenvalue weighted by molar-refractivity contribution is 5.94. The van der Waals surface area contributed by atoms with Gasteiger partial charge in [-0.25, -0.2) is 18.7 Å². The molecule has 0 saturated heterocycles. The predicted molar refractivity (Wildman–Crippen MR) is 201 cm³/mol. The summed E-state index contributed by atoms with van der Waals surface area (Å²) >= 11 is 0. The minimum Gasteiger partial charge on any atom is -0.494 e. The zero-order valence-corrected chi connectivity index (χ0v) is 29.0. The Morgan fingerprint density at radius 3 is 1.81 bits per heavy atom. The Bertz CT molecular complexity index is 2770. The number of rotatable bonds is 7. The van der Waals surface area contributed by atoms with Crippen molar-refractivity contribution < 1.29 is 18.3 Å². The number of benzene rings is 5. The first-order chi connectivity index (χ1) is 25.9. The van der Waals surface area contributed by atoms with Crippen molar-refractivity contribution in [2.45, 2.75) is 20.0 Å². The van der Waals surface area contributed by atoms with Crippen molar-refractivity contribution in [3.05, 3.63) is 133 Å². The van der Waals surface area contributed by atoms with Gasteiger partial charge in [0.15, 0.2) is 23.1 Å². The summed E-state index contributed by atoms with van der Waals surface area (Å²) in [7, 11) is 2.88. The van der Waals surface area contributed by atoms with Crippen molar-refractivity contribution >= 4 is 43.9 Å². The van der Waals surface area contributed by atoms with E-state index < -0.39 is 11.6 Å². The molecule has 9 aromatic rings. The summed E-state index contributed by atoms with van der Waals surface area (Å²) < 4.78 is 41.8. The van der Waals surface area contributed by atoms with Crippen molar-refractivity contribution in [2.24, 2.45) is 0 Å². The first-order valence-electron chi connectivity index (χ1n) is 16.9. The van der Waals surface area contributed by atoms with Gasteiger partial charge in [0.05, 0.1) is 83.8 Å². The van der Waals surface area contributed by atoms with E-state index in [2.05, 4.69) is 37.3 Å². The largest absolute Gasteiger partial charge is 0.494 e. The van der Waals surface area contributed by atoms with Crippen molar-refractivity contribution in [2.75, 3.05) is 14.2 Å². The summed E-state index contributed by atoms with van der Waals surface area (Å²) in [5.41, 5.74) is 8.57. The SMILES string of the molecule is CCn1cc2cc3ncc(-c4ccc(OC)c(F)c4)nc3cc2n1.COc1ccc(-c2cnc3cc4cnn(Cc5ccccc5)c4cc3n2)cc1F. The van der Waals surface area contributed by atoms with Crippen LogP contribution in [0.3, 0.4) is 0 Å². The van der Waals surface area contributed by atoms with Gasteiger partial charge in [0.2, 0.25) is 0 Å². The van der Waals surface area contributed by atoms with E-state index in [0.717, 1.165) is 50.4 Å². The highest BCUT2D eigenvalue weighted by atomic mass is 19.1. The van der Waals surface area contributed by atoms with Crippen molar-refractivity contribution in [3.63, 3.8) is 0 Å². The first-order valence-corrected chi connectivity index (χ1v) is 16.9. The van der Waals surface area contributed by atoms with Gasteiger partial charge in [0.1, 0.15) is 0 Å². The fourth-order valence-electron chi connectivity index (χ4n) is 6.14. The Hall–Kier alpha value is -6.82. The van der Waals surface area contributed by atoms with Gasteiger partial charge in [-0.2, -0.15) is 10.2 Å². The zero-order chi connectivity index (χ0) is 36.5. The monoisotopic (exact) mass is 706 g/mol. The van der Waals surface area contributed by atoms with Crippen LogP contribution in [0.15, 0.2) is 116 Å². The molecule has 0 aliphatic carbocycles. The predicted octanol–water partition coefficient (Wildman–Crippen LogP) is 8.66. The Morgan fingerprint density at radius 2 is 1.23 bits per heavy atom. The molecule has 0 radical (unpaired) electrons. The number of nitrogens with zero attached hydrogens (tertiary/aromatic N) is 8. The number of ether oxygens (including phenoxy) is 2. The topological polar surface area (TPSA) is 106 Å². The lowest BCUT2D eigenvalue weighted by molar-refractivity contribution is 0.386. The van der Waals surface area contributed by atoms with Gasteiger partial charge in [0, 0.05) is 34.6 Å². The smallest absolute Gasteiger partial charge is 0.165 e. The van der Waals surface area contributed by atoms with Crippen molar-refractivity contribution in [1.29, 1.82) is 0 Å². The molecule has 9 rings (SSSR count). The van der Waals surface area contributed by atoms with E-state index in [1.54, 1.807) is 36.7 Å². The van der Waals surface area contributed by atoms with Crippen LogP contribution in [0, 0.1) is 11.6 Å². The maximum atomic E-state index is 14.1. The van der Waals surface area contributed by atoms with E-state index in [9.17, 15) is 8.78 Å². The van der Waals surface area contributed by atoms with Crippen LogP contribution in [0.25, 0.3) is 66.4 Å². The molecule has 0 bridgehead atoms. The molecule has 0 aliphatic rings. The van der Waals surface area contributed by atoms with Crippen LogP contribution < -0.4 is 9.47 Å². The summed E-state index contributed by atoms with van der Waals surface area (Å²) in [5.74, 6) is -0.439. The fraction of sp³-hybridized carbons (Fsp3) is 0.122. The number of hydrogen-bond acceptors (Lipinski definition) is 8. The molecular weight excluding hydrogens is 675 g/mol. The van der Waals surface area contributed by atoms with Crippen LogP contribution >= 0.6 is 0 Å². The van der Waals surface area contributed by atoms with Crippen LogP contribution in [0.1, 0.15) is 12.5 Å². The molecule has 0 unspecified atom stereocenters. The second kappa shape index (κ2) is 14.1. The molecule has 262 valence electrons. The van der Waals surface area contributed by atoms with Crippen molar-refractivity contribution in [3.8, 4) is 34.0 Å². The highest BCUT2D eigenvalue weighted by Crippen LogP contribution is 2.28.